The van der Waals surface area contributed by atoms with Crippen LogP contribution in [0, 0.1) is 0 Å². The minimum absolute atomic E-state index is 0. The van der Waals surface area contributed by atoms with Crippen LogP contribution in [0.15, 0.2) is 24.3 Å². The van der Waals surface area contributed by atoms with E-state index in [1.807, 2.05) is 4.90 Å². The molecule has 2 N–H and O–H groups in total. The fourth-order valence-electron chi connectivity index (χ4n) is 2.91. The van der Waals surface area contributed by atoms with Crippen LogP contribution >= 0.6 is 12.4 Å². The highest BCUT2D eigenvalue weighted by molar-refractivity contribution is 5.94. The average Bonchev–Trinajstić information content (AvgIpc) is 3.09. The van der Waals surface area contributed by atoms with Gasteiger partial charge in [0.2, 0.25) is 0 Å². The fourth-order valence-corrected chi connectivity index (χ4v) is 2.91. The monoisotopic (exact) mass is 339 g/mol. The summed E-state index contributed by atoms with van der Waals surface area (Å²) in [5.41, 5.74) is 6.91. The lowest BCUT2D eigenvalue weighted by molar-refractivity contribution is -0.142. The van der Waals surface area contributed by atoms with E-state index in [0.717, 1.165) is 12.8 Å². The van der Waals surface area contributed by atoms with E-state index < -0.39 is 0 Å². The van der Waals surface area contributed by atoms with Gasteiger partial charge in [-0.05, 0) is 37.1 Å². The van der Waals surface area contributed by atoms with E-state index in [-0.39, 0.29) is 30.3 Å². The molecule has 0 saturated carbocycles. The zero-order valence-electron chi connectivity index (χ0n) is 12.9. The van der Waals surface area contributed by atoms with Gasteiger partial charge in [0.15, 0.2) is 0 Å². The van der Waals surface area contributed by atoms with Crippen molar-refractivity contribution in [3.8, 4) is 0 Å². The van der Waals surface area contributed by atoms with Gasteiger partial charge in [0.1, 0.15) is 6.10 Å². The lowest BCUT2D eigenvalue weighted by Gasteiger charge is -2.35. The number of nitrogens with two attached hydrogens (primary N) is 1. The van der Waals surface area contributed by atoms with Crippen molar-refractivity contribution in [1.82, 2.24) is 9.80 Å². The van der Waals surface area contributed by atoms with Gasteiger partial charge in [-0.1, -0.05) is 0 Å². The van der Waals surface area contributed by atoms with Crippen LogP contribution in [0.2, 0.25) is 0 Å². The second-order valence-electron chi connectivity index (χ2n) is 5.74. The molecule has 23 heavy (non-hydrogen) atoms. The Labute approximate surface area is 142 Å². The molecule has 2 heterocycles. The third kappa shape index (κ3) is 3.95. The summed E-state index contributed by atoms with van der Waals surface area (Å²) in [6.07, 6.45) is 1.48. The fraction of sp³-hybridized carbons (Fsp3) is 0.500. The lowest BCUT2D eigenvalue weighted by atomic mass is 10.1. The SMILES string of the molecule is Cl.Nc1ccc(C(=O)N2CCN(C(=O)C3CCCO3)CC2)cc1. The molecule has 1 aromatic carbocycles. The van der Waals surface area contributed by atoms with Crippen LogP contribution in [0.1, 0.15) is 23.2 Å². The second kappa shape index (κ2) is 7.66. The molecule has 2 fully saturated rings. The first-order valence-corrected chi connectivity index (χ1v) is 7.70. The van der Waals surface area contributed by atoms with Crippen LogP contribution in [0.4, 0.5) is 5.69 Å². The van der Waals surface area contributed by atoms with Crippen molar-refractivity contribution in [3.05, 3.63) is 29.8 Å². The average molecular weight is 340 g/mol. The lowest BCUT2D eigenvalue weighted by Crippen LogP contribution is -2.52. The summed E-state index contributed by atoms with van der Waals surface area (Å²) in [6, 6.07) is 6.93. The Morgan fingerprint density at radius 1 is 1.04 bits per heavy atom. The van der Waals surface area contributed by atoms with E-state index in [1.165, 1.54) is 0 Å². The van der Waals surface area contributed by atoms with E-state index in [1.54, 1.807) is 29.2 Å². The summed E-state index contributed by atoms with van der Waals surface area (Å²) in [4.78, 5) is 28.3. The molecular weight excluding hydrogens is 318 g/mol. The van der Waals surface area contributed by atoms with Gasteiger partial charge in [0.25, 0.3) is 11.8 Å². The van der Waals surface area contributed by atoms with Crippen molar-refractivity contribution in [2.75, 3.05) is 38.5 Å². The summed E-state index contributed by atoms with van der Waals surface area (Å²) in [5.74, 6) is 0.0568. The molecule has 1 unspecified atom stereocenters. The smallest absolute Gasteiger partial charge is 0.253 e. The van der Waals surface area contributed by atoms with Crippen LogP contribution in [-0.4, -0.2) is 60.5 Å². The number of rotatable bonds is 2. The number of benzene rings is 1. The number of piperazine rings is 1. The molecule has 2 aliphatic heterocycles. The summed E-state index contributed by atoms with van der Waals surface area (Å²) in [7, 11) is 0. The van der Waals surface area contributed by atoms with Gasteiger partial charge in [-0.15, -0.1) is 12.4 Å². The van der Waals surface area contributed by atoms with Crippen LogP contribution in [0.5, 0.6) is 0 Å². The van der Waals surface area contributed by atoms with Gasteiger partial charge in [-0.25, -0.2) is 0 Å². The number of nitrogens with zero attached hydrogens (tertiary/aromatic N) is 2. The van der Waals surface area contributed by atoms with Gasteiger partial charge in [-0.2, -0.15) is 0 Å². The summed E-state index contributed by atoms with van der Waals surface area (Å²) >= 11 is 0. The Balaban J connectivity index is 0.00000192. The van der Waals surface area contributed by atoms with E-state index in [2.05, 4.69) is 0 Å². The third-order valence-electron chi connectivity index (χ3n) is 4.24. The molecule has 126 valence electrons. The molecular formula is C16H22ClN3O3. The van der Waals surface area contributed by atoms with Gasteiger partial charge in [0, 0.05) is 44.0 Å². The Morgan fingerprint density at radius 3 is 2.22 bits per heavy atom. The maximum atomic E-state index is 12.4. The first kappa shape index (κ1) is 17.6. The highest BCUT2D eigenvalue weighted by Gasteiger charge is 2.31. The molecule has 3 rings (SSSR count). The van der Waals surface area contributed by atoms with Crippen LogP contribution < -0.4 is 5.73 Å². The van der Waals surface area contributed by atoms with Gasteiger partial charge >= 0.3 is 0 Å². The maximum Gasteiger partial charge on any atom is 0.253 e. The zero-order chi connectivity index (χ0) is 15.5. The second-order valence-corrected chi connectivity index (χ2v) is 5.74. The molecule has 2 saturated heterocycles. The highest BCUT2D eigenvalue weighted by Crippen LogP contribution is 2.17. The molecule has 1 aromatic rings. The minimum atomic E-state index is -0.278. The van der Waals surface area contributed by atoms with E-state index in [4.69, 9.17) is 10.5 Å². The van der Waals surface area contributed by atoms with Crippen molar-refractivity contribution >= 4 is 29.9 Å². The molecule has 0 radical (unpaired) electrons. The van der Waals surface area contributed by atoms with Crippen molar-refractivity contribution in [3.63, 3.8) is 0 Å². The molecule has 0 aliphatic carbocycles. The number of nitrogen functional groups attached to an aromatic ring is 1. The normalized spacial score (nSPS) is 21.0. The molecule has 2 aliphatic rings. The van der Waals surface area contributed by atoms with Gasteiger partial charge < -0.3 is 20.3 Å². The zero-order valence-corrected chi connectivity index (χ0v) is 13.8. The quantitative estimate of drug-likeness (QED) is 0.820. The van der Waals surface area contributed by atoms with Crippen LogP contribution in [-0.2, 0) is 9.53 Å². The Bertz CT molecular complexity index is 550. The van der Waals surface area contributed by atoms with Crippen LogP contribution in [0.3, 0.4) is 0 Å². The van der Waals surface area contributed by atoms with E-state index in [9.17, 15) is 9.59 Å². The van der Waals surface area contributed by atoms with Crippen molar-refractivity contribution in [2.45, 2.75) is 18.9 Å². The van der Waals surface area contributed by atoms with Crippen molar-refractivity contribution in [2.24, 2.45) is 0 Å². The first-order chi connectivity index (χ1) is 10.6. The molecule has 0 aromatic heterocycles. The van der Waals surface area contributed by atoms with E-state index in [0.29, 0.717) is 44.0 Å². The number of anilines is 1. The standard InChI is InChI=1S/C16H21N3O3.ClH/c17-13-5-3-12(4-6-13)15(20)18-7-9-19(10-8-18)16(21)14-2-1-11-22-14;/h3-6,14H,1-2,7-11,17H2;1H. The van der Waals surface area contributed by atoms with Gasteiger partial charge in [0.05, 0.1) is 0 Å². The summed E-state index contributed by atoms with van der Waals surface area (Å²) < 4.78 is 5.44. The molecule has 0 bridgehead atoms. The molecule has 1 atom stereocenters. The third-order valence-corrected chi connectivity index (χ3v) is 4.24. The molecule has 7 heteroatoms. The van der Waals surface area contributed by atoms with Crippen molar-refractivity contribution in [1.29, 1.82) is 0 Å². The Hall–Kier alpha value is -1.79. The number of hydrogen-bond donors (Lipinski definition) is 1. The Kier molecular flexibility index (Phi) is 5.85. The van der Waals surface area contributed by atoms with Crippen LogP contribution in [0.25, 0.3) is 0 Å². The predicted octanol–water partition coefficient (Wildman–Crippen LogP) is 1.15. The van der Waals surface area contributed by atoms with Gasteiger partial charge in [-0.3, -0.25) is 9.59 Å². The summed E-state index contributed by atoms with van der Waals surface area (Å²) in [5, 5.41) is 0. The number of halogens is 1. The first-order valence-electron chi connectivity index (χ1n) is 7.70. The number of ether oxygens (including phenoxy) is 1. The van der Waals surface area contributed by atoms with E-state index >= 15 is 0 Å². The Morgan fingerprint density at radius 2 is 1.65 bits per heavy atom. The largest absolute Gasteiger partial charge is 0.399 e. The minimum Gasteiger partial charge on any atom is -0.399 e. The molecule has 2 amide bonds. The topological polar surface area (TPSA) is 75.9 Å². The highest BCUT2D eigenvalue weighted by atomic mass is 35.5. The molecule has 6 nitrogen and oxygen atoms in total. The van der Waals surface area contributed by atoms with Crippen molar-refractivity contribution < 1.29 is 14.3 Å². The number of carbonyl (C=O) groups is 2. The number of amides is 2. The number of carbonyl (C=O) groups excluding carboxylic acids is 2. The predicted molar refractivity (Wildman–Crippen MR) is 89.6 cm³/mol. The molecule has 0 spiro atoms. The summed E-state index contributed by atoms with van der Waals surface area (Å²) in [6.45, 7) is 2.92. The maximum absolute atomic E-state index is 12.4. The number of hydrogen-bond acceptors (Lipinski definition) is 4.